The largest absolute Gasteiger partial charge is 0.493 e. The van der Waals surface area contributed by atoms with Gasteiger partial charge in [-0.3, -0.25) is 9.69 Å². The molecule has 6 heteroatoms. The zero-order chi connectivity index (χ0) is 15.4. The molecular weight excluding hydrogens is 294 g/mol. The van der Waals surface area contributed by atoms with Crippen molar-refractivity contribution in [1.82, 2.24) is 4.90 Å². The molecule has 116 valence electrons. The number of methoxy groups -OCH3 is 1. The molecule has 0 bridgehead atoms. The maximum absolute atomic E-state index is 11.2. The van der Waals surface area contributed by atoms with Crippen LogP contribution in [0, 0.1) is 0 Å². The molecule has 1 aliphatic rings. The number of nitrogens with zero attached hydrogens (tertiary/aromatic N) is 1. The summed E-state index contributed by atoms with van der Waals surface area (Å²) >= 11 is 6.24. The molecule has 0 spiro atoms. The van der Waals surface area contributed by atoms with Gasteiger partial charge in [-0.15, -0.1) is 0 Å². The van der Waals surface area contributed by atoms with Crippen molar-refractivity contribution in [2.45, 2.75) is 32.4 Å². The molecule has 5 nitrogen and oxygen atoms in total. The summed E-state index contributed by atoms with van der Waals surface area (Å²) in [4.78, 5) is 13.2. The summed E-state index contributed by atoms with van der Waals surface area (Å²) in [5.74, 6) is 0.337. The van der Waals surface area contributed by atoms with Crippen molar-refractivity contribution >= 4 is 17.6 Å². The molecule has 21 heavy (non-hydrogen) atoms. The second-order valence-electron chi connectivity index (χ2n) is 5.01. The Kier molecular flexibility index (Phi) is 5.31. The van der Waals surface area contributed by atoms with Gasteiger partial charge in [-0.2, -0.15) is 0 Å². The number of hydrogen-bond acceptors (Lipinski definition) is 4. The summed E-state index contributed by atoms with van der Waals surface area (Å²) in [5, 5.41) is 9.70. The molecule has 1 aromatic rings. The zero-order valence-electron chi connectivity index (χ0n) is 12.3. The Morgan fingerprint density at radius 3 is 2.90 bits per heavy atom. The van der Waals surface area contributed by atoms with Crippen molar-refractivity contribution in [3.8, 4) is 11.5 Å². The van der Waals surface area contributed by atoms with E-state index in [1.807, 2.05) is 24.0 Å². The first-order valence-electron chi connectivity index (χ1n) is 7.02. The van der Waals surface area contributed by atoms with Crippen LogP contribution in [0.1, 0.15) is 25.3 Å². The number of carbonyl (C=O) groups is 1. The Hall–Kier alpha value is -1.46. The van der Waals surface area contributed by atoms with E-state index in [2.05, 4.69) is 0 Å². The molecule has 2 rings (SSSR count). The van der Waals surface area contributed by atoms with Gasteiger partial charge in [0.05, 0.1) is 18.7 Å². The lowest BCUT2D eigenvalue weighted by Gasteiger charge is -2.22. The minimum atomic E-state index is -0.767. The molecule has 0 radical (unpaired) electrons. The van der Waals surface area contributed by atoms with Crippen LogP contribution in [0.5, 0.6) is 11.5 Å². The number of aliphatic carboxylic acids is 1. The van der Waals surface area contributed by atoms with Crippen LogP contribution < -0.4 is 9.47 Å². The predicted octanol–water partition coefficient (Wildman–Crippen LogP) is 2.80. The fraction of sp³-hybridized carbons (Fsp3) is 0.533. The van der Waals surface area contributed by atoms with Crippen LogP contribution in [0.4, 0.5) is 0 Å². The topological polar surface area (TPSA) is 59.0 Å². The highest BCUT2D eigenvalue weighted by Crippen LogP contribution is 2.37. The average molecular weight is 314 g/mol. The van der Waals surface area contributed by atoms with Crippen LogP contribution in [-0.4, -0.2) is 42.3 Å². The highest BCUT2D eigenvalue weighted by Gasteiger charge is 2.30. The third-order valence-corrected chi connectivity index (χ3v) is 3.89. The third-order valence-electron chi connectivity index (χ3n) is 3.61. The molecule has 1 atom stereocenters. The van der Waals surface area contributed by atoms with Gasteiger partial charge >= 0.3 is 5.97 Å². The summed E-state index contributed by atoms with van der Waals surface area (Å²) in [6.07, 6.45) is 1.59. The molecule has 1 aromatic carbocycles. The highest BCUT2D eigenvalue weighted by molar-refractivity contribution is 6.32. The Balaban J connectivity index is 2.20. The predicted molar refractivity (Wildman–Crippen MR) is 80.2 cm³/mol. The summed E-state index contributed by atoms with van der Waals surface area (Å²) in [6.45, 7) is 3.71. The molecule has 1 N–H and O–H groups in total. The number of carboxylic acid groups (broad SMARTS) is 1. The van der Waals surface area contributed by atoms with Crippen molar-refractivity contribution in [2.24, 2.45) is 0 Å². The van der Waals surface area contributed by atoms with Crippen molar-refractivity contribution in [3.05, 3.63) is 22.7 Å². The van der Waals surface area contributed by atoms with E-state index in [0.29, 0.717) is 36.1 Å². The quantitative estimate of drug-likeness (QED) is 0.875. The molecule has 0 unspecified atom stereocenters. The number of rotatable bonds is 6. The average Bonchev–Trinajstić information content (AvgIpc) is 2.89. The van der Waals surface area contributed by atoms with Crippen molar-refractivity contribution in [1.29, 1.82) is 0 Å². The highest BCUT2D eigenvalue weighted by atomic mass is 35.5. The Morgan fingerprint density at radius 2 is 2.29 bits per heavy atom. The molecule has 0 amide bonds. The standard InChI is InChI=1S/C15H20ClNO4/c1-3-21-14-11(16)7-10(8-13(14)20-2)9-17-6-4-5-12(17)15(18)19/h7-8,12H,3-6,9H2,1-2H3,(H,18,19)/t12-/m0/s1. The van der Waals surface area contributed by atoms with Crippen LogP contribution in [0.25, 0.3) is 0 Å². The van der Waals surface area contributed by atoms with Crippen LogP contribution in [0.2, 0.25) is 5.02 Å². The summed E-state index contributed by atoms with van der Waals surface area (Å²) in [7, 11) is 1.56. The van der Waals surface area contributed by atoms with Crippen LogP contribution >= 0.6 is 11.6 Å². The first kappa shape index (κ1) is 15.9. The van der Waals surface area contributed by atoms with Gasteiger partial charge in [-0.05, 0) is 44.0 Å². The lowest BCUT2D eigenvalue weighted by Crippen LogP contribution is -2.35. The molecule has 0 aromatic heterocycles. The number of likely N-dealkylation sites (tertiary alicyclic amines) is 1. The van der Waals surface area contributed by atoms with E-state index in [0.717, 1.165) is 18.5 Å². The fourth-order valence-electron chi connectivity index (χ4n) is 2.68. The number of benzene rings is 1. The molecule has 0 aliphatic carbocycles. The van der Waals surface area contributed by atoms with Crippen molar-refractivity contribution < 1.29 is 19.4 Å². The van der Waals surface area contributed by atoms with Gasteiger partial charge in [0.15, 0.2) is 11.5 Å². The number of hydrogen-bond donors (Lipinski definition) is 1. The van der Waals surface area contributed by atoms with E-state index < -0.39 is 12.0 Å². The summed E-state index contributed by atoms with van der Waals surface area (Å²) in [5.41, 5.74) is 0.924. The van der Waals surface area contributed by atoms with Crippen LogP contribution in [0.15, 0.2) is 12.1 Å². The van der Waals surface area contributed by atoms with E-state index in [1.165, 1.54) is 0 Å². The maximum Gasteiger partial charge on any atom is 0.320 e. The summed E-state index contributed by atoms with van der Waals surface area (Å²) in [6, 6.07) is 3.25. The lowest BCUT2D eigenvalue weighted by atomic mass is 10.1. The smallest absolute Gasteiger partial charge is 0.320 e. The van der Waals surface area contributed by atoms with E-state index in [-0.39, 0.29) is 0 Å². The zero-order valence-corrected chi connectivity index (χ0v) is 13.0. The third kappa shape index (κ3) is 3.60. The molecular formula is C15H20ClNO4. The van der Waals surface area contributed by atoms with Gasteiger partial charge < -0.3 is 14.6 Å². The first-order valence-corrected chi connectivity index (χ1v) is 7.40. The van der Waals surface area contributed by atoms with Crippen molar-refractivity contribution in [3.63, 3.8) is 0 Å². The van der Waals surface area contributed by atoms with Gasteiger partial charge in [0.25, 0.3) is 0 Å². The van der Waals surface area contributed by atoms with E-state index in [4.69, 9.17) is 21.1 Å². The van der Waals surface area contributed by atoms with Crippen LogP contribution in [0.3, 0.4) is 0 Å². The van der Waals surface area contributed by atoms with E-state index in [1.54, 1.807) is 7.11 Å². The SMILES string of the molecule is CCOc1c(Cl)cc(CN2CCC[C@H]2C(=O)O)cc1OC. The molecule has 1 aliphatic heterocycles. The van der Waals surface area contributed by atoms with Gasteiger partial charge in [0.1, 0.15) is 6.04 Å². The second kappa shape index (κ2) is 7.00. The monoisotopic (exact) mass is 313 g/mol. The number of halogens is 1. The first-order chi connectivity index (χ1) is 10.1. The normalized spacial score (nSPS) is 18.7. The minimum Gasteiger partial charge on any atom is -0.493 e. The molecule has 1 heterocycles. The number of ether oxygens (including phenoxy) is 2. The second-order valence-corrected chi connectivity index (χ2v) is 5.42. The van der Waals surface area contributed by atoms with E-state index in [9.17, 15) is 9.90 Å². The lowest BCUT2D eigenvalue weighted by molar-refractivity contribution is -0.142. The van der Waals surface area contributed by atoms with Gasteiger partial charge in [0.2, 0.25) is 0 Å². The Labute approximate surface area is 129 Å². The van der Waals surface area contributed by atoms with Gasteiger partial charge in [0, 0.05) is 6.54 Å². The van der Waals surface area contributed by atoms with E-state index >= 15 is 0 Å². The fourth-order valence-corrected chi connectivity index (χ4v) is 2.97. The summed E-state index contributed by atoms with van der Waals surface area (Å²) < 4.78 is 10.8. The molecule has 0 saturated carbocycles. The minimum absolute atomic E-state index is 0.415. The maximum atomic E-state index is 11.2. The Bertz CT molecular complexity index is 521. The molecule has 1 fully saturated rings. The molecule has 1 saturated heterocycles. The van der Waals surface area contributed by atoms with Gasteiger partial charge in [-0.1, -0.05) is 11.6 Å². The van der Waals surface area contributed by atoms with Gasteiger partial charge in [-0.25, -0.2) is 0 Å². The van der Waals surface area contributed by atoms with Crippen LogP contribution in [-0.2, 0) is 11.3 Å². The number of carboxylic acids is 1. The van der Waals surface area contributed by atoms with Crippen molar-refractivity contribution in [2.75, 3.05) is 20.3 Å². The Morgan fingerprint density at radius 1 is 1.52 bits per heavy atom.